The molecule has 0 spiro atoms. The van der Waals surface area contributed by atoms with E-state index in [9.17, 15) is 9.90 Å². The summed E-state index contributed by atoms with van der Waals surface area (Å²) in [5.74, 6) is 0. The van der Waals surface area contributed by atoms with Gasteiger partial charge in [-0.15, -0.1) is 11.3 Å². The SMILES string of the molecule is Cc1ncsc1-c1ccc(C(CN(C)C)N(C(=O)O)C(C)(C)C)cc1. The van der Waals surface area contributed by atoms with Gasteiger partial charge >= 0.3 is 6.09 Å². The van der Waals surface area contributed by atoms with Gasteiger partial charge in [-0.25, -0.2) is 9.78 Å². The zero-order valence-corrected chi connectivity index (χ0v) is 16.6. The summed E-state index contributed by atoms with van der Waals surface area (Å²) in [4.78, 5) is 21.0. The predicted octanol–water partition coefficient (Wildman–Crippen LogP) is 4.50. The van der Waals surface area contributed by atoms with E-state index in [1.54, 1.807) is 16.2 Å². The molecule has 1 heterocycles. The maximum absolute atomic E-state index is 11.9. The molecule has 136 valence electrons. The molecule has 25 heavy (non-hydrogen) atoms. The van der Waals surface area contributed by atoms with Crippen LogP contribution in [0.4, 0.5) is 4.79 Å². The molecule has 0 aliphatic rings. The van der Waals surface area contributed by atoms with Crippen LogP contribution in [0.2, 0.25) is 0 Å². The Bertz CT molecular complexity index is 717. The molecule has 1 atom stereocenters. The van der Waals surface area contributed by atoms with Crippen molar-refractivity contribution in [3.63, 3.8) is 0 Å². The number of benzene rings is 1. The molecule has 1 unspecified atom stereocenters. The van der Waals surface area contributed by atoms with Crippen LogP contribution in [0.15, 0.2) is 29.8 Å². The zero-order chi connectivity index (χ0) is 18.8. The minimum atomic E-state index is -0.901. The fourth-order valence-corrected chi connectivity index (χ4v) is 3.82. The molecule has 0 aliphatic heterocycles. The predicted molar refractivity (Wildman–Crippen MR) is 103 cm³/mol. The minimum absolute atomic E-state index is 0.232. The van der Waals surface area contributed by atoms with Crippen LogP contribution < -0.4 is 0 Å². The molecule has 1 aromatic carbocycles. The molecule has 1 N–H and O–H groups in total. The lowest BCUT2D eigenvalue weighted by Crippen LogP contribution is -2.49. The van der Waals surface area contributed by atoms with Gasteiger partial charge in [0.2, 0.25) is 0 Å². The van der Waals surface area contributed by atoms with E-state index in [-0.39, 0.29) is 6.04 Å². The minimum Gasteiger partial charge on any atom is -0.465 e. The second-order valence-electron chi connectivity index (χ2n) is 7.49. The molecular formula is C19H27N3O2S. The van der Waals surface area contributed by atoms with Crippen molar-refractivity contribution in [3.8, 4) is 10.4 Å². The van der Waals surface area contributed by atoms with E-state index in [0.717, 1.165) is 21.7 Å². The van der Waals surface area contributed by atoms with E-state index < -0.39 is 11.6 Å². The first-order chi connectivity index (χ1) is 11.6. The van der Waals surface area contributed by atoms with Gasteiger partial charge in [0.1, 0.15) is 0 Å². The summed E-state index contributed by atoms with van der Waals surface area (Å²) < 4.78 is 0. The van der Waals surface area contributed by atoms with Crippen LogP contribution in [0.25, 0.3) is 10.4 Å². The van der Waals surface area contributed by atoms with Crippen molar-refractivity contribution in [2.75, 3.05) is 20.6 Å². The quantitative estimate of drug-likeness (QED) is 0.852. The number of amides is 1. The molecule has 6 heteroatoms. The van der Waals surface area contributed by atoms with Crippen LogP contribution in [0.1, 0.15) is 38.1 Å². The summed E-state index contributed by atoms with van der Waals surface area (Å²) in [6.07, 6.45) is -0.901. The molecule has 1 amide bonds. The number of nitrogens with zero attached hydrogens (tertiary/aromatic N) is 3. The van der Waals surface area contributed by atoms with Crippen LogP contribution in [0.5, 0.6) is 0 Å². The number of aromatic nitrogens is 1. The molecule has 0 aliphatic carbocycles. The normalized spacial score (nSPS) is 13.1. The third-order valence-electron chi connectivity index (χ3n) is 4.08. The molecule has 1 aromatic heterocycles. The topological polar surface area (TPSA) is 56.7 Å². The average Bonchev–Trinajstić information content (AvgIpc) is 2.90. The van der Waals surface area contributed by atoms with Crippen molar-refractivity contribution in [1.29, 1.82) is 0 Å². The standard InChI is InChI=1S/C19H27N3O2S/c1-13-17(25-12-20-13)15-9-7-14(8-10-15)16(11-21(5)6)22(18(23)24)19(2,3)4/h7-10,12,16H,11H2,1-6H3,(H,23,24). The number of likely N-dealkylation sites (N-methyl/N-ethyl adjacent to an activating group) is 1. The number of hydrogen-bond donors (Lipinski definition) is 1. The lowest BCUT2D eigenvalue weighted by molar-refractivity contribution is 0.0603. The monoisotopic (exact) mass is 361 g/mol. The van der Waals surface area contributed by atoms with Crippen molar-refractivity contribution >= 4 is 17.4 Å². The van der Waals surface area contributed by atoms with E-state index in [1.807, 2.05) is 64.3 Å². The van der Waals surface area contributed by atoms with E-state index in [1.165, 1.54) is 0 Å². The highest BCUT2D eigenvalue weighted by molar-refractivity contribution is 7.13. The van der Waals surface area contributed by atoms with Crippen LogP contribution in [-0.2, 0) is 0 Å². The molecule has 0 saturated heterocycles. The van der Waals surface area contributed by atoms with Gasteiger partial charge in [0.05, 0.1) is 22.1 Å². The molecule has 2 rings (SSSR count). The van der Waals surface area contributed by atoms with Crippen molar-refractivity contribution in [3.05, 3.63) is 41.0 Å². The Kier molecular flexibility index (Phi) is 5.85. The highest BCUT2D eigenvalue weighted by Crippen LogP contribution is 2.32. The van der Waals surface area contributed by atoms with Crippen molar-refractivity contribution in [2.45, 2.75) is 39.3 Å². The Morgan fingerprint density at radius 1 is 1.24 bits per heavy atom. The number of aryl methyl sites for hydroxylation is 1. The Balaban J connectivity index is 2.41. The van der Waals surface area contributed by atoms with E-state index in [4.69, 9.17) is 0 Å². The third-order valence-corrected chi connectivity index (χ3v) is 5.06. The summed E-state index contributed by atoms with van der Waals surface area (Å²) in [7, 11) is 3.93. The molecular weight excluding hydrogens is 334 g/mol. The maximum atomic E-state index is 11.9. The van der Waals surface area contributed by atoms with E-state index >= 15 is 0 Å². The highest BCUT2D eigenvalue weighted by atomic mass is 32.1. The Hall–Kier alpha value is -1.92. The summed E-state index contributed by atoms with van der Waals surface area (Å²) in [5, 5.41) is 9.80. The third kappa shape index (κ3) is 4.58. The van der Waals surface area contributed by atoms with Gasteiger partial charge in [0, 0.05) is 12.1 Å². The number of hydrogen-bond acceptors (Lipinski definition) is 4. The Labute approximate surface area is 153 Å². The summed E-state index contributed by atoms with van der Waals surface area (Å²) in [6, 6.07) is 7.95. The van der Waals surface area contributed by atoms with Crippen molar-refractivity contribution in [2.24, 2.45) is 0 Å². The van der Waals surface area contributed by atoms with Gasteiger partial charge in [-0.1, -0.05) is 24.3 Å². The van der Waals surface area contributed by atoms with Gasteiger partial charge < -0.3 is 10.0 Å². The first-order valence-corrected chi connectivity index (χ1v) is 9.16. The van der Waals surface area contributed by atoms with Gasteiger partial charge in [-0.05, 0) is 52.9 Å². The molecule has 0 fully saturated rings. The fourth-order valence-electron chi connectivity index (χ4n) is 3.01. The van der Waals surface area contributed by atoms with Crippen molar-refractivity contribution < 1.29 is 9.90 Å². The number of carboxylic acid groups (broad SMARTS) is 1. The Morgan fingerprint density at radius 3 is 2.24 bits per heavy atom. The lowest BCUT2D eigenvalue weighted by atomic mass is 9.97. The van der Waals surface area contributed by atoms with Crippen LogP contribution in [0, 0.1) is 6.92 Å². The second kappa shape index (κ2) is 7.54. The molecule has 0 bridgehead atoms. The molecule has 0 radical (unpaired) electrons. The second-order valence-corrected chi connectivity index (χ2v) is 8.35. The largest absolute Gasteiger partial charge is 0.465 e. The zero-order valence-electron chi connectivity index (χ0n) is 15.8. The van der Waals surface area contributed by atoms with Gasteiger partial charge in [-0.3, -0.25) is 4.90 Å². The number of carbonyl (C=O) groups is 1. The molecule has 0 saturated carbocycles. The lowest BCUT2D eigenvalue weighted by Gasteiger charge is -2.41. The number of rotatable bonds is 5. The van der Waals surface area contributed by atoms with E-state index in [2.05, 4.69) is 17.1 Å². The molecule has 5 nitrogen and oxygen atoms in total. The van der Waals surface area contributed by atoms with Crippen LogP contribution in [-0.4, -0.2) is 52.2 Å². The van der Waals surface area contributed by atoms with Gasteiger partial charge in [0.15, 0.2) is 0 Å². The van der Waals surface area contributed by atoms with E-state index in [0.29, 0.717) is 6.54 Å². The highest BCUT2D eigenvalue weighted by Gasteiger charge is 2.34. The smallest absolute Gasteiger partial charge is 0.408 e. The first-order valence-electron chi connectivity index (χ1n) is 8.28. The summed E-state index contributed by atoms with van der Waals surface area (Å²) in [5.41, 5.74) is 4.49. The Morgan fingerprint density at radius 2 is 1.84 bits per heavy atom. The number of thiazole rings is 1. The van der Waals surface area contributed by atoms with Gasteiger partial charge in [0.25, 0.3) is 0 Å². The van der Waals surface area contributed by atoms with Crippen LogP contribution >= 0.6 is 11.3 Å². The average molecular weight is 362 g/mol. The summed E-state index contributed by atoms with van der Waals surface area (Å²) in [6.45, 7) is 8.42. The molecule has 2 aromatic rings. The first kappa shape index (κ1) is 19.4. The fraction of sp³-hybridized carbons (Fsp3) is 0.474. The summed E-state index contributed by atoms with van der Waals surface area (Å²) >= 11 is 1.62. The maximum Gasteiger partial charge on any atom is 0.408 e. The van der Waals surface area contributed by atoms with Gasteiger partial charge in [-0.2, -0.15) is 0 Å². The van der Waals surface area contributed by atoms with Crippen LogP contribution in [0.3, 0.4) is 0 Å². The van der Waals surface area contributed by atoms with Crippen molar-refractivity contribution in [1.82, 2.24) is 14.8 Å².